The fourth-order valence-electron chi connectivity index (χ4n) is 3.86. The summed E-state index contributed by atoms with van der Waals surface area (Å²) in [6.07, 6.45) is 2.59. The first kappa shape index (κ1) is 16.9. The molecular weight excluding hydrogens is 331 g/mol. The van der Waals surface area contributed by atoms with Crippen LogP contribution in [-0.4, -0.2) is 31.1 Å². The van der Waals surface area contributed by atoms with E-state index in [4.69, 9.17) is 0 Å². The van der Waals surface area contributed by atoms with Crippen molar-refractivity contribution in [2.45, 2.75) is 19.4 Å². The van der Waals surface area contributed by atoms with Gasteiger partial charge in [-0.2, -0.15) is 0 Å². The van der Waals surface area contributed by atoms with Crippen LogP contribution in [0.5, 0.6) is 0 Å². The van der Waals surface area contributed by atoms with E-state index in [0.29, 0.717) is 5.41 Å². The molecule has 0 aliphatic carbocycles. The highest BCUT2D eigenvalue weighted by atomic mass is 35.5. The second-order valence-corrected chi connectivity index (χ2v) is 7.63. The average Bonchev–Trinajstić information content (AvgIpc) is 3.25. The number of rotatable bonds is 3. The van der Waals surface area contributed by atoms with Gasteiger partial charge in [0.05, 0.1) is 0 Å². The van der Waals surface area contributed by atoms with E-state index in [1.165, 1.54) is 24.9 Å². The number of hydrogen-bond acceptors (Lipinski definition) is 3. The molecule has 0 radical (unpaired) electrons. The van der Waals surface area contributed by atoms with E-state index >= 15 is 0 Å². The highest BCUT2D eigenvalue weighted by Crippen LogP contribution is 2.37. The Kier molecular flexibility index (Phi) is 5.07. The number of likely N-dealkylation sites (tertiary alicyclic amines) is 1. The number of halogens is 2. The molecule has 2 fully saturated rings. The van der Waals surface area contributed by atoms with Gasteiger partial charge in [0.1, 0.15) is 5.82 Å². The third-order valence-corrected chi connectivity index (χ3v) is 5.98. The van der Waals surface area contributed by atoms with Crippen LogP contribution in [0.2, 0.25) is 0 Å². The predicted molar refractivity (Wildman–Crippen MR) is 96.8 cm³/mol. The normalized spacial score (nSPS) is 24.2. The van der Waals surface area contributed by atoms with Crippen LogP contribution in [0.25, 0.3) is 10.4 Å². The van der Waals surface area contributed by atoms with Crippen molar-refractivity contribution in [1.82, 2.24) is 10.2 Å². The van der Waals surface area contributed by atoms with Crippen molar-refractivity contribution >= 4 is 23.7 Å². The first-order valence-electron chi connectivity index (χ1n) is 8.00. The van der Waals surface area contributed by atoms with Gasteiger partial charge in [-0.15, -0.1) is 23.7 Å². The maximum absolute atomic E-state index is 14.1. The molecule has 1 N–H and O–H groups in total. The summed E-state index contributed by atoms with van der Waals surface area (Å²) in [5, 5.41) is 5.50. The summed E-state index contributed by atoms with van der Waals surface area (Å²) in [7, 11) is 0. The van der Waals surface area contributed by atoms with E-state index in [1.807, 2.05) is 29.6 Å². The van der Waals surface area contributed by atoms with Gasteiger partial charge >= 0.3 is 0 Å². The van der Waals surface area contributed by atoms with Crippen LogP contribution in [0, 0.1) is 11.2 Å². The SMILES string of the molecule is Cl.Fc1ccc(CN2CCC3(CCNC3)C2)cc1-c1cccs1. The lowest BCUT2D eigenvalue weighted by Gasteiger charge is -2.23. The zero-order chi connectivity index (χ0) is 15.0. The summed E-state index contributed by atoms with van der Waals surface area (Å²) in [4.78, 5) is 3.54. The molecule has 1 unspecified atom stereocenters. The Morgan fingerprint density at radius 2 is 2.17 bits per heavy atom. The maximum atomic E-state index is 14.1. The van der Waals surface area contributed by atoms with E-state index in [-0.39, 0.29) is 18.2 Å². The number of benzene rings is 1. The minimum Gasteiger partial charge on any atom is -0.316 e. The van der Waals surface area contributed by atoms with Crippen molar-refractivity contribution in [3.8, 4) is 10.4 Å². The first-order chi connectivity index (χ1) is 10.7. The summed E-state index contributed by atoms with van der Waals surface area (Å²) >= 11 is 1.60. The summed E-state index contributed by atoms with van der Waals surface area (Å²) in [5.41, 5.74) is 2.45. The van der Waals surface area contributed by atoms with E-state index in [1.54, 1.807) is 17.4 Å². The van der Waals surface area contributed by atoms with Gasteiger partial charge in [0.2, 0.25) is 0 Å². The standard InChI is InChI=1S/C18H21FN2S.ClH/c19-16-4-3-14(10-15(16)17-2-1-9-22-17)11-21-8-6-18(13-21)5-7-20-12-18;/h1-4,9-10,20H,5-8,11-13H2;1H. The van der Waals surface area contributed by atoms with E-state index in [0.717, 1.165) is 36.6 Å². The quantitative estimate of drug-likeness (QED) is 0.892. The maximum Gasteiger partial charge on any atom is 0.131 e. The molecule has 4 rings (SSSR count). The molecule has 0 amide bonds. The number of thiophene rings is 1. The molecule has 0 bridgehead atoms. The van der Waals surface area contributed by atoms with Crippen molar-refractivity contribution in [3.63, 3.8) is 0 Å². The molecule has 23 heavy (non-hydrogen) atoms. The van der Waals surface area contributed by atoms with Crippen LogP contribution in [0.1, 0.15) is 18.4 Å². The van der Waals surface area contributed by atoms with Crippen molar-refractivity contribution in [2.24, 2.45) is 5.41 Å². The Morgan fingerprint density at radius 1 is 1.26 bits per heavy atom. The van der Waals surface area contributed by atoms with Gasteiger partial charge < -0.3 is 5.32 Å². The molecule has 1 aromatic heterocycles. The lowest BCUT2D eigenvalue weighted by molar-refractivity contribution is 0.268. The van der Waals surface area contributed by atoms with Crippen LogP contribution in [0.3, 0.4) is 0 Å². The second kappa shape index (κ2) is 6.89. The fourth-order valence-corrected chi connectivity index (χ4v) is 4.60. The third kappa shape index (κ3) is 3.45. The van der Waals surface area contributed by atoms with E-state index < -0.39 is 0 Å². The van der Waals surface area contributed by atoms with E-state index in [9.17, 15) is 4.39 Å². The molecule has 1 aromatic carbocycles. The molecular formula is C18H22ClFN2S. The molecule has 2 aliphatic heterocycles. The van der Waals surface area contributed by atoms with Gasteiger partial charge in [0.25, 0.3) is 0 Å². The monoisotopic (exact) mass is 352 g/mol. The van der Waals surface area contributed by atoms with Gasteiger partial charge in [-0.3, -0.25) is 4.90 Å². The van der Waals surface area contributed by atoms with Gasteiger partial charge in [-0.1, -0.05) is 12.1 Å². The zero-order valence-corrected chi connectivity index (χ0v) is 14.7. The first-order valence-corrected chi connectivity index (χ1v) is 8.88. The van der Waals surface area contributed by atoms with Crippen molar-refractivity contribution in [1.29, 1.82) is 0 Å². The fraction of sp³-hybridized carbons (Fsp3) is 0.444. The van der Waals surface area contributed by atoms with Gasteiger partial charge in [-0.05, 0) is 60.5 Å². The smallest absolute Gasteiger partial charge is 0.131 e. The second-order valence-electron chi connectivity index (χ2n) is 6.68. The molecule has 3 heterocycles. The average molecular weight is 353 g/mol. The van der Waals surface area contributed by atoms with Crippen molar-refractivity contribution in [2.75, 3.05) is 26.2 Å². The zero-order valence-electron chi connectivity index (χ0n) is 13.1. The topological polar surface area (TPSA) is 15.3 Å². The van der Waals surface area contributed by atoms with Gasteiger partial charge in [0.15, 0.2) is 0 Å². The van der Waals surface area contributed by atoms with Crippen LogP contribution >= 0.6 is 23.7 Å². The molecule has 1 atom stereocenters. The van der Waals surface area contributed by atoms with Crippen LogP contribution in [0.15, 0.2) is 35.7 Å². The van der Waals surface area contributed by atoms with Crippen molar-refractivity contribution < 1.29 is 4.39 Å². The lowest BCUT2D eigenvalue weighted by Crippen LogP contribution is -2.28. The Hall–Kier alpha value is -0.940. The minimum atomic E-state index is -0.121. The number of nitrogens with one attached hydrogen (secondary N) is 1. The number of nitrogens with zero attached hydrogens (tertiary/aromatic N) is 1. The van der Waals surface area contributed by atoms with Crippen molar-refractivity contribution in [3.05, 3.63) is 47.1 Å². The van der Waals surface area contributed by atoms with Crippen LogP contribution < -0.4 is 5.32 Å². The Balaban J connectivity index is 0.00000156. The molecule has 2 aliphatic rings. The Labute approximate surface area is 147 Å². The molecule has 124 valence electrons. The Morgan fingerprint density at radius 3 is 2.91 bits per heavy atom. The summed E-state index contributed by atoms with van der Waals surface area (Å²) in [5.74, 6) is -0.121. The number of hydrogen-bond donors (Lipinski definition) is 1. The molecule has 5 heteroatoms. The summed E-state index contributed by atoms with van der Waals surface area (Å²) in [6, 6.07) is 9.54. The van der Waals surface area contributed by atoms with Crippen LogP contribution in [-0.2, 0) is 6.54 Å². The highest BCUT2D eigenvalue weighted by Gasteiger charge is 2.40. The molecule has 2 nitrogen and oxygen atoms in total. The minimum absolute atomic E-state index is 0. The van der Waals surface area contributed by atoms with Gasteiger partial charge in [0, 0.05) is 30.1 Å². The van der Waals surface area contributed by atoms with Gasteiger partial charge in [-0.25, -0.2) is 4.39 Å². The van der Waals surface area contributed by atoms with E-state index in [2.05, 4.69) is 10.2 Å². The summed E-state index contributed by atoms with van der Waals surface area (Å²) < 4.78 is 14.1. The molecule has 0 saturated carbocycles. The molecule has 1 spiro atoms. The predicted octanol–water partition coefficient (Wildman–Crippen LogP) is 4.16. The summed E-state index contributed by atoms with van der Waals surface area (Å²) in [6.45, 7) is 5.58. The largest absolute Gasteiger partial charge is 0.316 e. The van der Waals surface area contributed by atoms with Crippen LogP contribution in [0.4, 0.5) is 4.39 Å². The molecule has 2 saturated heterocycles. The Bertz CT molecular complexity index is 653. The lowest BCUT2D eigenvalue weighted by atomic mass is 9.86. The molecule has 2 aromatic rings. The highest BCUT2D eigenvalue weighted by molar-refractivity contribution is 7.13. The third-order valence-electron chi connectivity index (χ3n) is 5.07.